The number of nitro groups is 1. The lowest BCUT2D eigenvalue weighted by Gasteiger charge is -2.06. The van der Waals surface area contributed by atoms with Crippen molar-refractivity contribution in [2.75, 3.05) is 0 Å². The molecule has 2 aromatic carbocycles. The van der Waals surface area contributed by atoms with Crippen LogP contribution in [0.15, 0.2) is 42.5 Å². The molecule has 0 aliphatic carbocycles. The van der Waals surface area contributed by atoms with Crippen molar-refractivity contribution in [1.82, 2.24) is 0 Å². The minimum atomic E-state index is -0.573. The van der Waals surface area contributed by atoms with Crippen LogP contribution in [0.5, 0.6) is 11.5 Å². The Labute approximate surface area is 122 Å². The molecule has 0 heterocycles. The van der Waals surface area contributed by atoms with E-state index in [4.69, 9.17) is 4.74 Å². The van der Waals surface area contributed by atoms with Gasteiger partial charge in [0, 0.05) is 15.2 Å². The molecule has 0 unspecified atom stereocenters. The van der Waals surface area contributed by atoms with Gasteiger partial charge in [0.1, 0.15) is 12.0 Å². The molecule has 96 valence electrons. The van der Waals surface area contributed by atoms with E-state index < -0.39 is 4.92 Å². The normalized spacial score (nSPS) is 9.95. The van der Waals surface area contributed by atoms with Crippen LogP contribution in [0, 0.1) is 13.7 Å². The quantitative estimate of drug-likeness (QED) is 0.356. The molecule has 2 rings (SSSR count). The van der Waals surface area contributed by atoms with Gasteiger partial charge in [0.05, 0.1) is 4.92 Å². The van der Waals surface area contributed by atoms with Crippen molar-refractivity contribution < 1.29 is 14.5 Å². The van der Waals surface area contributed by atoms with Crippen LogP contribution in [0.3, 0.4) is 0 Å². The average Bonchev–Trinajstić information content (AvgIpc) is 2.39. The van der Waals surface area contributed by atoms with Crippen molar-refractivity contribution in [3.8, 4) is 11.5 Å². The van der Waals surface area contributed by atoms with Crippen LogP contribution in [0.4, 0.5) is 5.69 Å². The zero-order valence-corrected chi connectivity index (χ0v) is 11.7. The Morgan fingerprint density at radius 1 is 1.21 bits per heavy atom. The van der Waals surface area contributed by atoms with Gasteiger partial charge in [-0.15, -0.1) is 0 Å². The lowest BCUT2D eigenvalue weighted by Crippen LogP contribution is -1.95. The third kappa shape index (κ3) is 3.28. The van der Waals surface area contributed by atoms with E-state index in [9.17, 15) is 14.9 Å². The minimum absolute atomic E-state index is 0.109. The highest BCUT2D eigenvalue weighted by Crippen LogP contribution is 2.32. The molecule has 0 spiro atoms. The summed E-state index contributed by atoms with van der Waals surface area (Å²) in [4.78, 5) is 21.0. The highest BCUT2D eigenvalue weighted by molar-refractivity contribution is 14.1. The van der Waals surface area contributed by atoms with Gasteiger partial charge in [-0.2, -0.15) is 0 Å². The highest BCUT2D eigenvalue weighted by Gasteiger charge is 2.16. The van der Waals surface area contributed by atoms with Crippen molar-refractivity contribution >= 4 is 34.6 Å². The van der Waals surface area contributed by atoms with Gasteiger partial charge in [0.25, 0.3) is 0 Å². The lowest BCUT2D eigenvalue weighted by atomic mass is 10.2. The molecule has 0 saturated heterocycles. The SMILES string of the molecule is O=Cc1ccc(Oc2cccc(I)c2)c([N+](=O)[O-])c1. The smallest absolute Gasteiger partial charge is 0.312 e. The van der Waals surface area contributed by atoms with Crippen LogP contribution < -0.4 is 4.74 Å². The van der Waals surface area contributed by atoms with Crippen LogP contribution >= 0.6 is 22.6 Å². The molecule has 0 aromatic heterocycles. The Morgan fingerprint density at radius 2 is 2.00 bits per heavy atom. The van der Waals surface area contributed by atoms with Crippen LogP contribution in [-0.2, 0) is 0 Å². The van der Waals surface area contributed by atoms with E-state index in [1.54, 1.807) is 18.2 Å². The molecule has 0 radical (unpaired) electrons. The van der Waals surface area contributed by atoms with Gasteiger partial charge >= 0.3 is 5.69 Å². The minimum Gasteiger partial charge on any atom is -0.450 e. The number of carbonyl (C=O) groups excluding carboxylic acids is 1. The molecule has 0 saturated carbocycles. The largest absolute Gasteiger partial charge is 0.450 e. The van der Waals surface area contributed by atoms with Gasteiger partial charge in [0.15, 0.2) is 0 Å². The zero-order valence-electron chi connectivity index (χ0n) is 9.58. The molecule has 0 bridgehead atoms. The van der Waals surface area contributed by atoms with Crippen LogP contribution in [0.25, 0.3) is 0 Å². The summed E-state index contributed by atoms with van der Waals surface area (Å²) >= 11 is 2.12. The van der Waals surface area contributed by atoms with E-state index in [0.717, 1.165) is 3.57 Å². The second-order valence-electron chi connectivity index (χ2n) is 3.66. The third-order valence-corrected chi connectivity index (χ3v) is 3.01. The summed E-state index contributed by atoms with van der Waals surface area (Å²) in [7, 11) is 0. The monoisotopic (exact) mass is 369 g/mol. The predicted octanol–water partition coefficient (Wildman–Crippen LogP) is 3.80. The molecule has 0 N–H and O–H groups in total. The number of hydrogen-bond acceptors (Lipinski definition) is 4. The maximum absolute atomic E-state index is 11.0. The van der Waals surface area contributed by atoms with E-state index in [2.05, 4.69) is 22.6 Å². The van der Waals surface area contributed by atoms with Crippen molar-refractivity contribution in [3.05, 3.63) is 61.7 Å². The first-order valence-electron chi connectivity index (χ1n) is 5.27. The second-order valence-corrected chi connectivity index (χ2v) is 4.91. The molecule has 0 amide bonds. The Bertz CT molecular complexity index is 642. The molecule has 0 aliphatic heterocycles. The maximum atomic E-state index is 11.0. The first-order chi connectivity index (χ1) is 9.10. The van der Waals surface area contributed by atoms with Gasteiger partial charge in [-0.25, -0.2) is 0 Å². The average molecular weight is 369 g/mol. The molecule has 0 fully saturated rings. The first-order valence-corrected chi connectivity index (χ1v) is 6.35. The maximum Gasteiger partial charge on any atom is 0.312 e. The van der Waals surface area contributed by atoms with Gasteiger partial charge in [0.2, 0.25) is 5.75 Å². The molecule has 2 aromatic rings. The number of nitrogens with zero attached hydrogens (tertiary/aromatic N) is 1. The van der Waals surface area contributed by atoms with Crippen molar-refractivity contribution in [2.45, 2.75) is 0 Å². The van der Waals surface area contributed by atoms with Gasteiger partial charge in [-0.1, -0.05) is 6.07 Å². The molecular weight excluding hydrogens is 361 g/mol. The van der Waals surface area contributed by atoms with Crippen molar-refractivity contribution in [1.29, 1.82) is 0 Å². The highest BCUT2D eigenvalue weighted by atomic mass is 127. The molecule has 19 heavy (non-hydrogen) atoms. The molecule has 5 nitrogen and oxygen atoms in total. The molecule has 0 aliphatic rings. The van der Waals surface area contributed by atoms with Gasteiger partial charge in [-0.3, -0.25) is 14.9 Å². The summed E-state index contributed by atoms with van der Waals surface area (Å²) in [5.41, 5.74) is 0.00477. The number of carbonyl (C=O) groups is 1. The number of ether oxygens (including phenoxy) is 1. The molecular formula is C13H8INO4. The number of aldehydes is 1. The lowest BCUT2D eigenvalue weighted by molar-refractivity contribution is -0.385. The predicted molar refractivity (Wildman–Crippen MR) is 77.7 cm³/mol. The van der Waals surface area contributed by atoms with Crippen molar-refractivity contribution in [2.24, 2.45) is 0 Å². The van der Waals surface area contributed by atoms with Crippen molar-refractivity contribution in [3.63, 3.8) is 0 Å². The Balaban J connectivity index is 2.39. The summed E-state index contributed by atoms with van der Waals surface area (Å²) < 4.78 is 6.45. The molecule has 6 heteroatoms. The summed E-state index contributed by atoms with van der Waals surface area (Å²) in [6.07, 6.45) is 0.558. The zero-order chi connectivity index (χ0) is 13.8. The standard InChI is InChI=1S/C13H8INO4/c14-10-2-1-3-11(7-10)19-13-5-4-9(8-16)6-12(13)15(17)18/h1-8H. The summed E-state index contributed by atoms with van der Waals surface area (Å²) in [5.74, 6) is 0.617. The summed E-state index contributed by atoms with van der Waals surface area (Å²) in [5, 5.41) is 11.0. The number of nitro benzene ring substituents is 1. The second kappa shape index (κ2) is 5.79. The first kappa shape index (κ1) is 13.5. The van der Waals surface area contributed by atoms with E-state index in [1.807, 2.05) is 6.07 Å². The Hall–Kier alpha value is -1.96. The van der Waals surface area contributed by atoms with E-state index >= 15 is 0 Å². The summed E-state index contributed by atoms with van der Waals surface area (Å²) in [6, 6.07) is 11.2. The number of halogens is 1. The van der Waals surface area contributed by atoms with Gasteiger partial charge < -0.3 is 4.74 Å². The van der Waals surface area contributed by atoms with Gasteiger partial charge in [-0.05, 0) is 52.9 Å². The van der Waals surface area contributed by atoms with E-state index in [1.165, 1.54) is 18.2 Å². The number of rotatable bonds is 4. The fourth-order valence-corrected chi connectivity index (χ4v) is 2.01. The van der Waals surface area contributed by atoms with Crippen LogP contribution in [0.1, 0.15) is 10.4 Å². The van der Waals surface area contributed by atoms with E-state index in [0.29, 0.717) is 12.0 Å². The summed E-state index contributed by atoms with van der Waals surface area (Å²) in [6.45, 7) is 0. The Morgan fingerprint density at radius 3 is 2.63 bits per heavy atom. The topological polar surface area (TPSA) is 69.4 Å². The third-order valence-electron chi connectivity index (χ3n) is 2.34. The Kier molecular flexibility index (Phi) is 4.10. The van der Waals surface area contributed by atoms with E-state index in [-0.39, 0.29) is 17.0 Å². The number of benzene rings is 2. The number of hydrogen-bond donors (Lipinski definition) is 0. The fraction of sp³-hybridized carbons (Fsp3) is 0. The van der Waals surface area contributed by atoms with Crippen LogP contribution in [0.2, 0.25) is 0 Å². The fourth-order valence-electron chi connectivity index (χ4n) is 1.49. The molecule has 0 atom stereocenters. The van der Waals surface area contributed by atoms with Crippen LogP contribution in [-0.4, -0.2) is 11.2 Å².